The number of carbonyl (C=O) groups is 4. The molecule has 0 saturated carbocycles. The Morgan fingerprint density at radius 2 is 1.52 bits per heavy atom. The minimum absolute atomic E-state index is 0.122. The molecule has 0 saturated heterocycles. The van der Waals surface area contributed by atoms with Crippen molar-refractivity contribution in [3.63, 3.8) is 0 Å². The van der Waals surface area contributed by atoms with Gasteiger partial charge < -0.3 is 27.0 Å². The summed E-state index contributed by atoms with van der Waals surface area (Å²) in [5.74, 6) is -5.60. The lowest BCUT2D eigenvalue weighted by Crippen LogP contribution is -2.51. The number of carboxylic acid groups (broad SMARTS) is 2. The van der Waals surface area contributed by atoms with E-state index < -0.39 is 48.4 Å². The van der Waals surface area contributed by atoms with Crippen molar-refractivity contribution < 1.29 is 42.6 Å². The van der Waals surface area contributed by atoms with Crippen LogP contribution in [-0.4, -0.2) is 52.2 Å². The number of nitrogens with two attached hydrogens (primary N) is 2. The number of carbonyl (C=O) groups excluding carboxylic acids is 2. The van der Waals surface area contributed by atoms with Crippen LogP contribution in [0.25, 0.3) is 0 Å². The number of amides is 2. The smallest absolute Gasteiger partial charge is 0.480 e. The first-order chi connectivity index (χ1) is 10.2. The molecule has 0 bridgehead atoms. The number of carboxylic acids is 2. The number of nitrogens with one attached hydrogen (secondary N) is 1. The van der Waals surface area contributed by atoms with Crippen LogP contribution in [0.5, 0.6) is 0 Å². The summed E-state index contributed by atoms with van der Waals surface area (Å²) < 4.78 is 31.7. The number of aliphatic carboxylic acids is 2. The summed E-state index contributed by atoms with van der Waals surface area (Å²) in [5.41, 5.74) is 10.4. The maximum Gasteiger partial charge on any atom is 0.490 e. The number of alkyl halides is 3. The third-order valence-electron chi connectivity index (χ3n) is 2.28. The van der Waals surface area contributed by atoms with Gasteiger partial charge in [-0.2, -0.15) is 13.2 Å². The second-order valence-electron chi connectivity index (χ2n) is 4.64. The minimum atomic E-state index is -5.08. The largest absolute Gasteiger partial charge is 0.490 e. The quantitative estimate of drug-likeness (QED) is 0.412. The molecule has 0 rings (SSSR count). The van der Waals surface area contributed by atoms with Crippen molar-refractivity contribution in [2.24, 2.45) is 17.4 Å². The van der Waals surface area contributed by atoms with Gasteiger partial charge in [-0.05, 0) is 5.92 Å². The van der Waals surface area contributed by atoms with Crippen LogP contribution in [-0.2, 0) is 19.2 Å². The highest BCUT2D eigenvalue weighted by molar-refractivity contribution is 5.90. The van der Waals surface area contributed by atoms with Crippen molar-refractivity contribution in [3.8, 4) is 0 Å². The maximum atomic E-state index is 11.4. The van der Waals surface area contributed by atoms with Gasteiger partial charge in [-0.15, -0.1) is 0 Å². The summed E-state index contributed by atoms with van der Waals surface area (Å²) in [4.78, 5) is 41.6. The molecular formula is C11H18F3N3O6. The van der Waals surface area contributed by atoms with Gasteiger partial charge in [0, 0.05) is 0 Å². The number of hydrogen-bond acceptors (Lipinski definition) is 5. The van der Waals surface area contributed by atoms with Crippen molar-refractivity contribution in [1.29, 1.82) is 0 Å². The fraction of sp³-hybridized carbons (Fsp3) is 0.636. The second-order valence-corrected chi connectivity index (χ2v) is 4.64. The molecule has 0 heterocycles. The molecule has 0 fully saturated rings. The van der Waals surface area contributed by atoms with E-state index in [4.69, 9.17) is 26.5 Å². The fourth-order valence-corrected chi connectivity index (χ4v) is 0.972. The van der Waals surface area contributed by atoms with Gasteiger partial charge in [0.05, 0.1) is 12.5 Å². The Bertz CT molecular complexity index is 453. The van der Waals surface area contributed by atoms with Crippen LogP contribution < -0.4 is 16.8 Å². The van der Waals surface area contributed by atoms with Crippen LogP contribution in [0.4, 0.5) is 13.2 Å². The third kappa shape index (κ3) is 10.9. The summed E-state index contributed by atoms with van der Waals surface area (Å²) in [6, 6.07) is -2.13. The molecule has 9 nitrogen and oxygen atoms in total. The predicted molar refractivity (Wildman–Crippen MR) is 69.9 cm³/mol. The zero-order valence-electron chi connectivity index (χ0n) is 12.3. The average Bonchev–Trinajstić information content (AvgIpc) is 2.35. The van der Waals surface area contributed by atoms with Crippen LogP contribution in [0, 0.1) is 5.92 Å². The Morgan fingerprint density at radius 3 is 1.74 bits per heavy atom. The number of rotatable bonds is 6. The van der Waals surface area contributed by atoms with E-state index in [2.05, 4.69) is 5.32 Å². The van der Waals surface area contributed by atoms with Crippen LogP contribution in [0.1, 0.15) is 20.3 Å². The SMILES string of the molecule is CC(C)[C@H](N)C(=O)N[C@@H](CC(N)=O)C(=O)O.O=C(O)C(F)(F)F. The highest BCUT2D eigenvalue weighted by atomic mass is 19.4. The van der Waals surface area contributed by atoms with Gasteiger partial charge in [0.2, 0.25) is 11.8 Å². The van der Waals surface area contributed by atoms with Gasteiger partial charge in [0.1, 0.15) is 6.04 Å². The van der Waals surface area contributed by atoms with E-state index in [1.54, 1.807) is 13.8 Å². The van der Waals surface area contributed by atoms with E-state index in [-0.39, 0.29) is 5.92 Å². The lowest BCUT2D eigenvalue weighted by atomic mass is 10.0. The van der Waals surface area contributed by atoms with Crippen molar-refractivity contribution in [2.75, 3.05) is 0 Å². The lowest BCUT2D eigenvalue weighted by Gasteiger charge is -2.18. The highest BCUT2D eigenvalue weighted by Crippen LogP contribution is 2.13. The summed E-state index contributed by atoms with van der Waals surface area (Å²) >= 11 is 0. The van der Waals surface area contributed by atoms with Crippen LogP contribution in [0.3, 0.4) is 0 Å². The Balaban J connectivity index is 0. The number of primary amides is 1. The molecule has 0 radical (unpaired) electrons. The topological polar surface area (TPSA) is 173 Å². The first kappa shape index (κ1) is 22.9. The van der Waals surface area contributed by atoms with Crippen molar-refractivity contribution in [3.05, 3.63) is 0 Å². The van der Waals surface area contributed by atoms with Gasteiger partial charge in [-0.1, -0.05) is 13.8 Å². The summed E-state index contributed by atoms with van der Waals surface area (Å²) in [6.45, 7) is 3.46. The van der Waals surface area contributed by atoms with Crippen LogP contribution in [0.2, 0.25) is 0 Å². The van der Waals surface area contributed by atoms with Crippen molar-refractivity contribution in [2.45, 2.75) is 38.5 Å². The lowest BCUT2D eigenvalue weighted by molar-refractivity contribution is -0.192. The first-order valence-electron chi connectivity index (χ1n) is 6.07. The number of hydrogen-bond donors (Lipinski definition) is 5. The van der Waals surface area contributed by atoms with E-state index in [0.29, 0.717) is 0 Å². The van der Waals surface area contributed by atoms with Gasteiger partial charge in [-0.25, -0.2) is 9.59 Å². The van der Waals surface area contributed by atoms with E-state index in [9.17, 15) is 27.6 Å². The minimum Gasteiger partial charge on any atom is -0.480 e. The predicted octanol–water partition coefficient (Wildman–Crippen LogP) is -0.952. The molecule has 0 aliphatic rings. The zero-order valence-corrected chi connectivity index (χ0v) is 12.3. The van der Waals surface area contributed by atoms with Crippen LogP contribution >= 0.6 is 0 Å². The molecule has 134 valence electrons. The average molecular weight is 345 g/mol. The molecule has 2 amide bonds. The van der Waals surface area contributed by atoms with Crippen molar-refractivity contribution in [1.82, 2.24) is 5.32 Å². The molecule has 2 atom stereocenters. The molecule has 0 aliphatic carbocycles. The molecule has 0 aromatic rings. The Labute approximate surface area is 128 Å². The molecule has 23 heavy (non-hydrogen) atoms. The molecule has 12 heteroatoms. The summed E-state index contributed by atoms with van der Waals surface area (Å²) in [7, 11) is 0. The van der Waals surface area contributed by atoms with Gasteiger partial charge in [0.25, 0.3) is 0 Å². The van der Waals surface area contributed by atoms with Crippen molar-refractivity contribution >= 4 is 23.8 Å². The molecule has 0 spiro atoms. The molecule has 0 aromatic carbocycles. The van der Waals surface area contributed by atoms with Crippen LogP contribution in [0.15, 0.2) is 0 Å². The zero-order chi connectivity index (χ0) is 19.0. The number of halogens is 3. The van der Waals surface area contributed by atoms with E-state index in [1.165, 1.54) is 0 Å². The molecule has 0 unspecified atom stereocenters. The Hall–Kier alpha value is -2.37. The van der Waals surface area contributed by atoms with Gasteiger partial charge >= 0.3 is 18.1 Å². The summed E-state index contributed by atoms with van der Waals surface area (Å²) in [5, 5.41) is 18.0. The monoisotopic (exact) mass is 345 g/mol. The fourth-order valence-electron chi connectivity index (χ4n) is 0.972. The third-order valence-corrected chi connectivity index (χ3v) is 2.28. The Kier molecular flexibility index (Phi) is 9.57. The highest BCUT2D eigenvalue weighted by Gasteiger charge is 2.38. The molecule has 7 N–H and O–H groups in total. The normalized spacial score (nSPS) is 13.3. The molecular weight excluding hydrogens is 327 g/mol. The molecule has 0 aromatic heterocycles. The standard InChI is InChI=1S/C9H17N3O4.C2HF3O2/c1-4(2)7(11)8(14)12-5(9(15)16)3-6(10)13;3-2(4,5)1(6)7/h4-5,7H,3,11H2,1-2H3,(H2,10,13)(H,12,14)(H,15,16);(H,6,7)/t5-,7-;/m0./s1. The molecule has 0 aliphatic heterocycles. The van der Waals surface area contributed by atoms with E-state index >= 15 is 0 Å². The first-order valence-corrected chi connectivity index (χ1v) is 6.07. The summed E-state index contributed by atoms with van der Waals surface area (Å²) in [6.07, 6.45) is -5.54. The van der Waals surface area contributed by atoms with Gasteiger partial charge in [0.15, 0.2) is 0 Å². The van der Waals surface area contributed by atoms with Gasteiger partial charge in [-0.3, -0.25) is 9.59 Å². The maximum absolute atomic E-state index is 11.4. The second kappa shape index (κ2) is 9.61. The Morgan fingerprint density at radius 1 is 1.13 bits per heavy atom. The van der Waals surface area contributed by atoms with E-state index in [1.807, 2.05) is 0 Å². The van der Waals surface area contributed by atoms with E-state index in [0.717, 1.165) is 0 Å².